The van der Waals surface area contributed by atoms with Crippen molar-refractivity contribution in [1.82, 2.24) is 20.3 Å². The first-order chi connectivity index (χ1) is 7.59. The zero-order chi connectivity index (χ0) is 11.7. The summed E-state index contributed by atoms with van der Waals surface area (Å²) in [6.45, 7) is 5.59. The second-order valence-electron chi connectivity index (χ2n) is 4.84. The molecule has 1 aromatic heterocycles. The third-order valence-corrected chi connectivity index (χ3v) is 3.98. The fourth-order valence-electron chi connectivity index (χ4n) is 1.91. The van der Waals surface area contributed by atoms with E-state index in [1.807, 2.05) is 11.7 Å². The first-order valence-corrected chi connectivity index (χ1v) is 6.67. The minimum Gasteiger partial charge on any atom is -0.314 e. The van der Waals surface area contributed by atoms with Gasteiger partial charge < -0.3 is 5.32 Å². The van der Waals surface area contributed by atoms with Gasteiger partial charge in [-0.25, -0.2) is 0 Å². The summed E-state index contributed by atoms with van der Waals surface area (Å²) < 4.78 is 2.74. The van der Waals surface area contributed by atoms with Crippen molar-refractivity contribution in [3.63, 3.8) is 0 Å². The summed E-state index contributed by atoms with van der Waals surface area (Å²) >= 11 is 3.46. The molecule has 0 amide bonds. The molecule has 0 aliphatic heterocycles. The van der Waals surface area contributed by atoms with Crippen LogP contribution in [0.3, 0.4) is 0 Å². The lowest BCUT2D eigenvalue weighted by Gasteiger charge is -2.20. The second kappa shape index (κ2) is 4.84. The summed E-state index contributed by atoms with van der Waals surface area (Å²) in [7, 11) is 1.95. The van der Waals surface area contributed by atoms with E-state index in [1.165, 1.54) is 18.5 Å². The minimum atomic E-state index is 0.459. The van der Waals surface area contributed by atoms with Crippen LogP contribution in [0.15, 0.2) is 4.60 Å². The average Bonchev–Trinajstić information content (AvgIpc) is 3.01. The van der Waals surface area contributed by atoms with Gasteiger partial charge in [0.1, 0.15) is 0 Å². The van der Waals surface area contributed by atoms with E-state index >= 15 is 0 Å². The van der Waals surface area contributed by atoms with Crippen LogP contribution < -0.4 is 5.32 Å². The van der Waals surface area contributed by atoms with E-state index in [0.29, 0.717) is 11.8 Å². The maximum absolute atomic E-state index is 4.04. The van der Waals surface area contributed by atoms with Gasteiger partial charge in [0, 0.05) is 19.0 Å². The van der Waals surface area contributed by atoms with Gasteiger partial charge in [-0.15, -0.1) is 5.10 Å². The Labute approximate surface area is 105 Å². The van der Waals surface area contributed by atoms with Gasteiger partial charge in [-0.3, -0.25) is 4.68 Å². The third kappa shape index (κ3) is 2.63. The first-order valence-electron chi connectivity index (χ1n) is 5.88. The summed E-state index contributed by atoms with van der Waals surface area (Å²) in [4.78, 5) is 0. The van der Waals surface area contributed by atoms with Gasteiger partial charge in [0.15, 0.2) is 4.60 Å². The molecule has 2 rings (SSSR count). The van der Waals surface area contributed by atoms with Crippen LogP contribution in [0.5, 0.6) is 0 Å². The molecule has 1 heterocycles. The normalized spacial score (nSPS) is 19.8. The van der Waals surface area contributed by atoms with Crippen LogP contribution in [0, 0.1) is 5.92 Å². The van der Waals surface area contributed by atoms with Crippen LogP contribution in [-0.2, 0) is 7.05 Å². The summed E-state index contributed by atoms with van der Waals surface area (Å²) in [5.74, 6) is 1.05. The fraction of sp³-hybridized carbons (Fsp3) is 0.818. The van der Waals surface area contributed by atoms with Gasteiger partial charge >= 0.3 is 0 Å². The number of nitrogens with zero attached hydrogens (tertiary/aromatic N) is 3. The number of rotatable bonds is 5. The van der Waals surface area contributed by atoms with Gasteiger partial charge in [0.05, 0.1) is 5.69 Å². The maximum Gasteiger partial charge on any atom is 0.151 e. The molecule has 0 radical (unpaired) electrons. The summed E-state index contributed by atoms with van der Waals surface area (Å²) in [6.07, 6.45) is 2.69. The zero-order valence-corrected chi connectivity index (χ0v) is 11.7. The molecule has 2 unspecified atom stereocenters. The van der Waals surface area contributed by atoms with Crippen molar-refractivity contribution in [1.29, 1.82) is 0 Å². The Morgan fingerprint density at radius 2 is 2.19 bits per heavy atom. The highest BCUT2D eigenvalue weighted by molar-refractivity contribution is 9.10. The number of nitrogens with one attached hydrogen (secondary N) is 1. The largest absolute Gasteiger partial charge is 0.314 e. The molecular formula is C11H19BrN4. The van der Waals surface area contributed by atoms with Gasteiger partial charge in [0.2, 0.25) is 0 Å². The lowest BCUT2D eigenvalue weighted by molar-refractivity contribution is 0.427. The standard InChI is InChI=1S/C11H19BrN4/c1-7(6-13-9-4-5-9)8(2)10-11(12)14-15-16(10)3/h7-9,13H,4-6H2,1-3H3. The van der Waals surface area contributed by atoms with Crippen molar-refractivity contribution in [2.24, 2.45) is 13.0 Å². The number of aromatic nitrogens is 3. The van der Waals surface area contributed by atoms with E-state index in [4.69, 9.17) is 0 Å². The molecule has 0 bridgehead atoms. The highest BCUT2D eigenvalue weighted by atomic mass is 79.9. The lowest BCUT2D eigenvalue weighted by atomic mass is 9.93. The summed E-state index contributed by atoms with van der Waals surface area (Å²) in [6, 6.07) is 0.780. The quantitative estimate of drug-likeness (QED) is 0.901. The molecule has 1 N–H and O–H groups in total. The predicted molar refractivity (Wildman–Crippen MR) is 67.3 cm³/mol. The van der Waals surface area contributed by atoms with E-state index in [-0.39, 0.29) is 0 Å². The Bertz CT molecular complexity index is 339. The Balaban J connectivity index is 1.96. The van der Waals surface area contributed by atoms with Crippen LogP contribution >= 0.6 is 15.9 Å². The maximum atomic E-state index is 4.04. The lowest BCUT2D eigenvalue weighted by Crippen LogP contribution is -2.26. The molecule has 1 aromatic rings. The van der Waals surface area contributed by atoms with E-state index < -0.39 is 0 Å². The Kier molecular flexibility index (Phi) is 3.64. The molecule has 4 nitrogen and oxygen atoms in total. The molecule has 1 aliphatic carbocycles. The first kappa shape index (κ1) is 12.0. The molecule has 1 saturated carbocycles. The van der Waals surface area contributed by atoms with Crippen LogP contribution in [-0.4, -0.2) is 27.6 Å². The Hall–Kier alpha value is -0.420. The molecule has 90 valence electrons. The Morgan fingerprint density at radius 1 is 1.50 bits per heavy atom. The van der Waals surface area contributed by atoms with Crippen LogP contribution in [0.2, 0.25) is 0 Å². The number of halogens is 1. The third-order valence-electron chi connectivity index (χ3n) is 3.42. The molecule has 1 fully saturated rings. The van der Waals surface area contributed by atoms with Gasteiger partial charge in [-0.2, -0.15) is 0 Å². The molecule has 0 spiro atoms. The van der Waals surface area contributed by atoms with Crippen molar-refractivity contribution in [3.05, 3.63) is 10.3 Å². The van der Waals surface area contributed by atoms with E-state index in [2.05, 4.69) is 45.4 Å². The van der Waals surface area contributed by atoms with Gasteiger partial charge in [-0.05, 0) is 41.2 Å². The molecule has 5 heteroatoms. The molecule has 16 heavy (non-hydrogen) atoms. The van der Waals surface area contributed by atoms with Crippen molar-refractivity contribution in [3.8, 4) is 0 Å². The van der Waals surface area contributed by atoms with E-state index in [0.717, 1.165) is 17.2 Å². The Morgan fingerprint density at radius 3 is 2.69 bits per heavy atom. The van der Waals surface area contributed by atoms with E-state index in [9.17, 15) is 0 Å². The van der Waals surface area contributed by atoms with Crippen molar-refractivity contribution < 1.29 is 0 Å². The number of aryl methyl sites for hydroxylation is 1. The molecular weight excluding hydrogens is 268 g/mol. The number of hydrogen-bond donors (Lipinski definition) is 1. The van der Waals surface area contributed by atoms with Gasteiger partial charge in [-0.1, -0.05) is 19.1 Å². The SMILES string of the molecule is CC(CNC1CC1)C(C)c1c(Br)nnn1C. The fourth-order valence-corrected chi connectivity index (χ4v) is 2.60. The van der Waals surface area contributed by atoms with Crippen molar-refractivity contribution >= 4 is 15.9 Å². The topological polar surface area (TPSA) is 42.7 Å². The molecule has 0 saturated heterocycles. The minimum absolute atomic E-state index is 0.459. The average molecular weight is 287 g/mol. The molecule has 1 aliphatic rings. The highest BCUT2D eigenvalue weighted by Crippen LogP contribution is 2.28. The smallest absolute Gasteiger partial charge is 0.151 e. The van der Waals surface area contributed by atoms with Crippen LogP contribution in [0.1, 0.15) is 38.3 Å². The molecule has 2 atom stereocenters. The zero-order valence-electron chi connectivity index (χ0n) is 10.1. The highest BCUT2D eigenvalue weighted by Gasteiger charge is 2.25. The van der Waals surface area contributed by atoms with Crippen LogP contribution in [0.25, 0.3) is 0 Å². The monoisotopic (exact) mass is 286 g/mol. The van der Waals surface area contributed by atoms with Crippen molar-refractivity contribution in [2.75, 3.05) is 6.54 Å². The van der Waals surface area contributed by atoms with E-state index in [1.54, 1.807) is 0 Å². The number of hydrogen-bond acceptors (Lipinski definition) is 3. The van der Waals surface area contributed by atoms with Crippen LogP contribution in [0.4, 0.5) is 0 Å². The summed E-state index contributed by atoms with van der Waals surface area (Å²) in [5, 5.41) is 11.6. The van der Waals surface area contributed by atoms with Gasteiger partial charge in [0.25, 0.3) is 0 Å². The molecule has 0 aromatic carbocycles. The van der Waals surface area contributed by atoms with Crippen molar-refractivity contribution in [2.45, 2.75) is 38.6 Å². The second-order valence-corrected chi connectivity index (χ2v) is 5.59. The predicted octanol–water partition coefficient (Wildman–Crippen LogP) is 2.07. The summed E-state index contributed by atoms with van der Waals surface area (Å²) in [5.41, 5.74) is 1.19.